The van der Waals surface area contributed by atoms with E-state index in [4.69, 9.17) is 4.74 Å². The summed E-state index contributed by atoms with van der Waals surface area (Å²) >= 11 is 0. The maximum Gasteiger partial charge on any atom is 0.310 e. The molecule has 30 heavy (non-hydrogen) atoms. The van der Waals surface area contributed by atoms with Crippen molar-refractivity contribution >= 4 is 34.1 Å². The smallest absolute Gasteiger partial charge is 0.310 e. The van der Waals surface area contributed by atoms with Crippen LogP contribution in [0.1, 0.15) is 36.7 Å². The Kier molecular flexibility index (Phi) is 6.62. The minimum atomic E-state index is -0.899. The van der Waals surface area contributed by atoms with E-state index in [0.717, 1.165) is 16.3 Å². The van der Waals surface area contributed by atoms with E-state index in [1.54, 1.807) is 31.2 Å². The topological polar surface area (TPSA) is 72.5 Å². The zero-order valence-electron chi connectivity index (χ0n) is 17.3. The second-order valence-electron chi connectivity index (χ2n) is 7.53. The number of Topliss-reactive ketones (excluding diaryl/α,β-unsaturated/α-hetero) is 1. The number of rotatable bonds is 7. The summed E-state index contributed by atoms with van der Waals surface area (Å²) in [6.07, 6.45) is -0.803. The van der Waals surface area contributed by atoms with Crippen molar-refractivity contribution < 1.29 is 19.1 Å². The third kappa shape index (κ3) is 5.11. The Hall–Kier alpha value is -3.47. The molecule has 3 aromatic carbocycles. The van der Waals surface area contributed by atoms with Gasteiger partial charge in [0.15, 0.2) is 6.10 Å². The number of esters is 1. The molecule has 1 atom stereocenters. The van der Waals surface area contributed by atoms with Gasteiger partial charge >= 0.3 is 5.97 Å². The summed E-state index contributed by atoms with van der Waals surface area (Å²) in [6, 6.07) is 20.2. The number of ketones is 1. The molecule has 154 valence electrons. The minimum Gasteiger partial charge on any atom is -0.454 e. The largest absolute Gasteiger partial charge is 0.454 e. The number of carbonyl (C=O) groups is 3. The number of nitrogens with one attached hydrogen (secondary N) is 1. The molecule has 0 fully saturated rings. The Bertz CT molecular complexity index is 1060. The van der Waals surface area contributed by atoms with E-state index in [1.807, 2.05) is 56.3 Å². The van der Waals surface area contributed by atoms with Crippen LogP contribution in [0.3, 0.4) is 0 Å². The first-order valence-electron chi connectivity index (χ1n) is 9.96. The van der Waals surface area contributed by atoms with Gasteiger partial charge < -0.3 is 10.1 Å². The molecular weight excluding hydrogens is 378 g/mol. The molecule has 0 aromatic heterocycles. The van der Waals surface area contributed by atoms with Gasteiger partial charge in [-0.05, 0) is 47.5 Å². The number of fused-ring (bicyclic) bond motifs is 1. The van der Waals surface area contributed by atoms with Gasteiger partial charge in [-0.3, -0.25) is 14.4 Å². The van der Waals surface area contributed by atoms with E-state index >= 15 is 0 Å². The molecule has 0 spiro atoms. The fourth-order valence-electron chi connectivity index (χ4n) is 3.13. The van der Waals surface area contributed by atoms with Crippen molar-refractivity contribution in [2.75, 3.05) is 5.32 Å². The molecule has 0 saturated heterocycles. The van der Waals surface area contributed by atoms with Crippen molar-refractivity contribution in [2.45, 2.75) is 33.3 Å². The Morgan fingerprint density at radius 1 is 0.867 bits per heavy atom. The summed E-state index contributed by atoms with van der Waals surface area (Å²) in [5, 5.41) is 4.82. The van der Waals surface area contributed by atoms with Crippen LogP contribution in [0.25, 0.3) is 10.8 Å². The lowest BCUT2D eigenvalue weighted by atomic mass is 10.0. The van der Waals surface area contributed by atoms with E-state index < -0.39 is 12.1 Å². The van der Waals surface area contributed by atoms with Crippen LogP contribution < -0.4 is 5.32 Å². The second kappa shape index (κ2) is 9.35. The average Bonchev–Trinajstić information content (AvgIpc) is 2.74. The van der Waals surface area contributed by atoms with Crippen LogP contribution in [0.5, 0.6) is 0 Å². The van der Waals surface area contributed by atoms with E-state index in [9.17, 15) is 14.4 Å². The van der Waals surface area contributed by atoms with Crippen molar-refractivity contribution in [1.29, 1.82) is 0 Å². The van der Waals surface area contributed by atoms with Gasteiger partial charge in [0, 0.05) is 17.2 Å². The fraction of sp³-hybridized carbons (Fsp3) is 0.240. The highest BCUT2D eigenvalue weighted by atomic mass is 16.5. The number of hydrogen-bond acceptors (Lipinski definition) is 4. The number of anilines is 1. The Balaban J connectivity index is 1.62. The summed E-state index contributed by atoms with van der Waals surface area (Å²) in [6.45, 7) is 5.18. The van der Waals surface area contributed by atoms with Gasteiger partial charge in [0.25, 0.3) is 0 Å². The molecule has 0 bridgehead atoms. The molecule has 0 aliphatic carbocycles. The first-order chi connectivity index (χ1) is 14.3. The van der Waals surface area contributed by atoms with Crippen LogP contribution in [-0.4, -0.2) is 23.8 Å². The molecule has 3 aromatic rings. The van der Waals surface area contributed by atoms with E-state index in [-0.39, 0.29) is 24.0 Å². The molecule has 0 heterocycles. The molecule has 0 aliphatic heterocycles. The van der Waals surface area contributed by atoms with E-state index in [2.05, 4.69) is 5.32 Å². The quantitative estimate of drug-likeness (QED) is 0.455. The number of amides is 1. The maximum atomic E-state index is 12.6. The fourth-order valence-corrected chi connectivity index (χ4v) is 3.13. The number of carbonyl (C=O) groups excluding carboxylic acids is 3. The molecule has 1 amide bonds. The predicted molar refractivity (Wildman–Crippen MR) is 117 cm³/mol. The third-order valence-electron chi connectivity index (χ3n) is 4.85. The highest BCUT2D eigenvalue weighted by Crippen LogP contribution is 2.20. The van der Waals surface area contributed by atoms with Crippen molar-refractivity contribution in [3.05, 3.63) is 77.9 Å². The predicted octanol–water partition coefficient (Wildman–Crippen LogP) is 4.79. The maximum absolute atomic E-state index is 12.6. The number of hydrogen-bond donors (Lipinski definition) is 1. The van der Waals surface area contributed by atoms with Crippen LogP contribution in [0.15, 0.2) is 66.7 Å². The Morgan fingerprint density at radius 3 is 2.23 bits per heavy atom. The van der Waals surface area contributed by atoms with Crippen LogP contribution >= 0.6 is 0 Å². The molecule has 1 unspecified atom stereocenters. The summed E-state index contributed by atoms with van der Waals surface area (Å²) < 4.78 is 5.39. The van der Waals surface area contributed by atoms with Crippen molar-refractivity contribution in [3.8, 4) is 0 Å². The molecule has 1 N–H and O–H groups in total. The summed E-state index contributed by atoms with van der Waals surface area (Å²) in [5.41, 5.74) is 1.90. The van der Waals surface area contributed by atoms with Crippen molar-refractivity contribution in [2.24, 2.45) is 5.92 Å². The first-order valence-corrected chi connectivity index (χ1v) is 9.96. The Labute approximate surface area is 176 Å². The van der Waals surface area contributed by atoms with Crippen molar-refractivity contribution in [1.82, 2.24) is 0 Å². The Morgan fingerprint density at radius 2 is 1.53 bits per heavy atom. The lowest BCUT2D eigenvalue weighted by Gasteiger charge is -2.14. The molecule has 0 saturated carbocycles. The van der Waals surface area contributed by atoms with Crippen LogP contribution in [0.2, 0.25) is 0 Å². The van der Waals surface area contributed by atoms with Crippen LogP contribution in [0.4, 0.5) is 5.69 Å². The van der Waals surface area contributed by atoms with E-state index in [0.29, 0.717) is 11.3 Å². The normalized spacial score (nSPS) is 11.9. The monoisotopic (exact) mass is 403 g/mol. The standard InChI is InChI=1S/C25H25NO4/c1-16(2)25(29)26-21-13-11-19(12-14-21)24(28)17(3)30-23(27)15-20-9-6-8-18-7-4-5-10-22(18)20/h4-14,16-17H,15H2,1-3H3,(H,26,29). The van der Waals surface area contributed by atoms with Crippen LogP contribution in [-0.2, 0) is 20.7 Å². The number of benzene rings is 3. The first kappa shape index (κ1) is 21.2. The van der Waals surface area contributed by atoms with Gasteiger partial charge in [-0.25, -0.2) is 0 Å². The molecule has 5 heteroatoms. The minimum absolute atomic E-state index is 0.0928. The highest BCUT2D eigenvalue weighted by Gasteiger charge is 2.20. The molecule has 5 nitrogen and oxygen atoms in total. The molecule has 3 rings (SSSR count). The van der Waals surface area contributed by atoms with Gasteiger partial charge in [0.2, 0.25) is 11.7 Å². The van der Waals surface area contributed by atoms with Gasteiger partial charge in [-0.2, -0.15) is 0 Å². The zero-order valence-corrected chi connectivity index (χ0v) is 17.3. The second-order valence-corrected chi connectivity index (χ2v) is 7.53. The van der Waals surface area contributed by atoms with Gasteiger partial charge in [-0.15, -0.1) is 0 Å². The molecule has 0 radical (unpaired) electrons. The van der Waals surface area contributed by atoms with Gasteiger partial charge in [-0.1, -0.05) is 56.3 Å². The van der Waals surface area contributed by atoms with E-state index in [1.165, 1.54) is 0 Å². The van der Waals surface area contributed by atoms with Gasteiger partial charge in [0.1, 0.15) is 0 Å². The van der Waals surface area contributed by atoms with Crippen LogP contribution in [0, 0.1) is 5.92 Å². The zero-order chi connectivity index (χ0) is 21.7. The highest BCUT2D eigenvalue weighted by molar-refractivity contribution is 6.01. The average molecular weight is 403 g/mol. The summed E-state index contributed by atoms with van der Waals surface area (Å²) in [7, 11) is 0. The third-order valence-corrected chi connectivity index (χ3v) is 4.85. The van der Waals surface area contributed by atoms with Gasteiger partial charge in [0.05, 0.1) is 6.42 Å². The lowest BCUT2D eigenvalue weighted by Crippen LogP contribution is -2.25. The molecular formula is C25H25NO4. The van der Waals surface area contributed by atoms with Crippen molar-refractivity contribution in [3.63, 3.8) is 0 Å². The summed E-state index contributed by atoms with van der Waals surface area (Å²) in [5.74, 6) is -0.965. The number of ether oxygens (including phenoxy) is 1. The summed E-state index contributed by atoms with van der Waals surface area (Å²) in [4.78, 5) is 36.8. The lowest BCUT2D eigenvalue weighted by molar-refractivity contribution is -0.145. The SMILES string of the molecule is CC(C)C(=O)Nc1ccc(C(=O)C(C)OC(=O)Cc2cccc3ccccc23)cc1. The molecule has 0 aliphatic rings.